The highest BCUT2D eigenvalue weighted by molar-refractivity contribution is 5.80. The number of benzene rings is 5. The molecule has 2 nitrogen and oxygen atoms in total. The Labute approximate surface area is 264 Å². The maximum absolute atomic E-state index is 9.34. The SMILES string of the molecule is N#Cc1ccnc(-c2ccc(-c3ccc4c(c3)C3C=C(c5ccccc5)C=CC3C4(c3ccccc3)c3ccccc3)cc2)c1. The van der Waals surface area contributed by atoms with Crippen LogP contribution in [0.4, 0.5) is 0 Å². The number of fused-ring (bicyclic) bond motifs is 3. The van der Waals surface area contributed by atoms with E-state index in [2.05, 4.69) is 163 Å². The summed E-state index contributed by atoms with van der Waals surface area (Å²) in [6.45, 7) is 0. The van der Waals surface area contributed by atoms with Gasteiger partial charge in [-0.25, -0.2) is 0 Å². The molecule has 0 spiro atoms. The largest absolute Gasteiger partial charge is 0.256 e. The molecule has 0 aliphatic heterocycles. The molecule has 0 radical (unpaired) electrons. The van der Waals surface area contributed by atoms with E-state index in [4.69, 9.17) is 0 Å². The molecule has 2 unspecified atom stereocenters. The lowest BCUT2D eigenvalue weighted by Crippen LogP contribution is -2.35. The van der Waals surface area contributed by atoms with Crippen molar-refractivity contribution in [1.29, 1.82) is 5.26 Å². The molecule has 45 heavy (non-hydrogen) atoms. The second kappa shape index (κ2) is 11.1. The molecule has 2 atom stereocenters. The third kappa shape index (κ3) is 4.44. The molecule has 1 aromatic heterocycles. The van der Waals surface area contributed by atoms with Crippen molar-refractivity contribution in [1.82, 2.24) is 4.98 Å². The predicted molar refractivity (Wildman–Crippen MR) is 182 cm³/mol. The van der Waals surface area contributed by atoms with Crippen LogP contribution < -0.4 is 0 Å². The van der Waals surface area contributed by atoms with Gasteiger partial charge in [-0.05, 0) is 56.6 Å². The van der Waals surface area contributed by atoms with Crippen molar-refractivity contribution < 1.29 is 0 Å². The third-order valence-electron chi connectivity index (χ3n) is 9.53. The van der Waals surface area contributed by atoms with Gasteiger partial charge in [0, 0.05) is 23.6 Å². The average molecular weight is 575 g/mol. The van der Waals surface area contributed by atoms with Crippen molar-refractivity contribution in [3.63, 3.8) is 0 Å². The van der Waals surface area contributed by atoms with E-state index in [1.54, 1.807) is 12.3 Å². The fourth-order valence-electron chi connectivity index (χ4n) is 7.51. The number of hydrogen-bond donors (Lipinski definition) is 0. The number of nitrogens with zero attached hydrogens (tertiary/aromatic N) is 2. The maximum Gasteiger partial charge on any atom is 0.0992 e. The van der Waals surface area contributed by atoms with Crippen molar-refractivity contribution in [2.45, 2.75) is 11.3 Å². The Balaban J connectivity index is 1.30. The van der Waals surface area contributed by atoms with Crippen LogP contribution in [0.1, 0.15) is 39.3 Å². The molecule has 0 amide bonds. The highest BCUT2D eigenvalue weighted by Crippen LogP contribution is 2.60. The van der Waals surface area contributed by atoms with Gasteiger partial charge in [-0.2, -0.15) is 5.26 Å². The molecule has 2 aliphatic carbocycles. The molecule has 5 aromatic carbocycles. The Kier molecular flexibility index (Phi) is 6.59. The Morgan fingerprint density at radius 2 is 1.22 bits per heavy atom. The van der Waals surface area contributed by atoms with Crippen LogP contribution in [0.3, 0.4) is 0 Å². The van der Waals surface area contributed by atoms with Gasteiger partial charge < -0.3 is 0 Å². The van der Waals surface area contributed by atoms with E-state index < -0.39 is 0 Å². The van der Waals surface area contributed by atoms with E-state index in [1.165, 1.54) is 39.0 Å². The molecular weight excluding hydrogens is 544 g/mol. The van der Waals surface area contributed by atoms with Crippen LogP contribution in [0, 0.1) is 17.2 Å². The Hall–Kier alpha value is -5.78. The maximum atomic E-state index is 9.34. The summed E-state index contributed by atoms with van der Waals surface area (Å²) in [6.07, 6.45) is 8.98. The fraction of sp³-hybridized carbons (Fsp3) is 0.0698. The van der Waals surface area contributed by atoms with E-state index in [0.717, 1.165) is 16.8 Å². The van der Waals surface area contributed by atoms with E-state index in [-0.39, 0.29) is 17.3 Å². The van der Waals surface area contributed by atoms with Crippen molar-refractivity contribution in [2.75, 3.05) is 0 Å². The quantitative estimate of drug-likeness (QED) is 0.205. The molecule has 8 rings (SSSR count). The summed E-state index contributed by atoms with van der Waals surface area (Å²) in [6, 6.07) is 54.2. The van der Waals surface area contributed by atoms with Crippen LogP contribution in [0.15, 0.2) is 170 Å². The Morgan fingerprint density at radius 1 is 0.600 bits per heavy atom. The number of pyridine rings is 1. The normalized spacial score (nSPS) is 17.5. The topological polar surface area (TPSA) is 36.7 Å². The zero-order chi connectivity index (χ0) is 30.2. The summed E-state index contributed by atoms with van der Waals surface area (Å²) in [7, 11) is 0. The van der Waals surface area contributed by atoms with Gasteiger partial charge in [0.15, 0.2) is 0 Å². The zero-order valence-electron chi connectivity index (χ0n) is 24.7. The van der Waals surface area contributed by atoms with Gasteiger partial charge >= 0.3 is 0 Å². The first-order valence-corrected chi connectivity index (χ1v) is 15.4. The molecule has 1 heterocycles. The van der Waals surface area contributed by atoms with Gasteiger partial charge in [-0.3, -0.25) is 4.98 Å². The predicted octanol–water partition coefficient (Wildman–Crippen LogP) is 9.99. The van der Waals surface area contributed by atoms with Gasteiger partial charge in [0.25, 0.3) is 0 Å². The molecule has 0 fully saturated rings. The second-order valence-corrected chi connectivity index (χ2v) is 11.9. The van der Waals surface area contributed by atoms with Crippen molar-refractivity contribution in [3.05, 3.63) is 203 Å². The monoisotopic (exact) mass is 574 g/mol. The molecule has 0 saturated carbocycles. The number of hydrogen-bond acceptors (Lipinski definition) is 2. The highest BCUT2D eigenvalue weighted by Gasteiger charge is 2.53. The van der Waals surface area contributed by atoms with E-state index in [1.807, 2.05) is 6.07 Å². The van der Waals surface area contributed by atoms with Crippen LogP contribution in [0.25, 0.3) is 28.0 Å². The van der Waals surface area contributed by atoms with Gasteiger partial charge in [0.2, 0.25) is 0 Å². The van der Waals surface area contributed by atoms with Crippen LogP contribution in [-0.2, 0) is 5.41 Å². The van der Waals surface area contributed by atoms with E-state index >= 15 is 0 Å². The van der Waals surface area contributed by atoms with Crippen LogP contribution in [-0.4, -0.2) is 4.98 Å². The molecule has 0 bridgehead atoms. The van der Waals surface area contributed by atoms with Gasteiger partial charge in [0.1, 0.15) is 0 Å². The molecular formula is C43H30N2. The Morgan fingerprint density at radius 3 is 1.89 bits per heavy atom. The van der Waals surface area contributed by atoms with Crippen LogP contribution >= 0.6 is 0 Å². The number of nitriles is 1. The molecule has 2 heteroatoms. The highest BCUT2D eigenvalue weighted by atomic mass is 14.7. The zero-order valence-corrected chi connectivity index (χ0v) is 24.7. The number of allylic oxidation sites excluding steroid dienone is 4. The summed E-state index contributed by atoms with van der Waals surface area (Å²) in [5, 5.41) is 9.34. The van der Waals surface area contributed by atoms with Crippen molar-refractivity contribution in [3.8, 4) is 28.5 Å². The van der Waals surface area contributed by atoms with Gasteiger partial charge in [-0.1, -0.05) is 152 Å². The van der Waals surface area contributed by atoms with Gasteiger partial charge in [0.05, 0.1) is 22.7 Å². The fourth-order valence-corrected chi connectivity index (χ4v) is 7.51. The third-order valence-corrected chi connectivity index (χ3v) is 9.53. The smallest absolute Gasteiger partial charge is 0.0992 e. The molecule has 212 valence electrons. The van der Waals surface area contributed by atoms with E-state index in [0.29, 0.717) is 5.56 Å². The molecule has 2 aliphatic rings. The van der Waals surface area contributed by atoms with Crippen LogP contribution in [0.5, 0.6) is 0 Å². The van der Waals surface area contributed by atoms with Gasteiger partial charge in [-0.15, -0.1) is 0 Å². The second-order valence-electron chi connectivity index (χ2n) is 11.9. The lowest BCUT2D eigenvalue weighted by atomic mass is 9.63. The first kappa shape index (κ1) is 26.8. The van der Waals surface area contributed by atoms with E-state index in [9.17, 15) is 5.26 Å². The first-order chi connectivity index (χ1) is 22.3. The minimum absolute atomic E-state index is 0.206. The standard InChI is InChI=1S/C43H30N2/c44-29-30-24-25-45-42(26-30)33-18-16-32(17-19-33)35-21-23-41-39(28-35)38-27-34(31-10-4-1-5-11-31)20-22-40(38)43(41,36-12-6-2-7-13-36)37-14-8-3-9-15-37/h1-28,38,40H. The lowest BCUT2D eigenvalue weighted by Gasteiger charge is -2.39. The number of rotatable bonds is 5. The summed E-state index contributed by atoms with van der Waals surface area (Å²) in [5.41, 5.74) is 12.3. The minimum atomic E-state index is -0.322. The average Bonchev–Trinajstić information content (AvgIpc) is 3.42. The summed E-state index contributed by atoms with van der Waals surface area (Å²) in [5.74, 6) is 0.429. The molecule has 0 N–H and O–H groups in total. The molecule has 0 saturated heterocycles. The summed E-state index contributed by atoms with van der Waals surface area (Å²) >= 11 is 0. The Bertz CT molecular complexity index is 2060. The van der Waals surface area contributed by atoms with Crippen LogP contribution in [0.2, 0.25) is 0 Å². The van der Waals surface area contributed by atoms with Crippen molar-refractivity contribution >= 4 is 5.57 Å². The summed E-state index contributed by atoms with van der Waals surface area (Å²) < 4.78 is 0. The summed E-state index contributed by atoms with van der Waals surface area (Å²) in [4.78, 5) is 4.49. The van der Waals surface area contributed by atoms with Crippen molar-refractivity contribution in [2.24, 2.45) is 5.92 Å². The number of aromatic nitrogens is 1. The molecule has 6 aromatic rings. The lowest BCUT2D eigenvalue weighted by molar-refractivity contribution is 0.457. The first-order valence-electron chi connectivity index (χ1n) is 15.4. The minimum Gasteiger partial charge on any atom is -0.256 e.